The van der Waals surface area contributed by atoms with Crippen LogP contribution in [0.4, 0.5) is 13.2 Å². The summed E-state index contributed by atoms with van der Waals surface area (Å²) in [6.07, 6.45) is 0.975. The fourth-order valence-corrected chi connectivity index (χ4v) is 3.57. The third-order valence-corrected chi connectivity index (χ3v) is 4.92. The summed E-state index contributed by atoms with van der Waals surface area (Å²) in [5, 5.41) is 0. The molecule has 0 fully saturated rings. The van der Waals surface area contributed by atoms with Gasteiger partial charge in [-0.2, -0.15) is 13.2 Å². The topological polar surface area (TPSA) is 72.9 Å². The van der Waals surface area contributed by atoms with Crippen LogP contribution < -0.4 is 9.47 Å². The van der Waals surface area contributed by atoms with E-state index in [9.17, 15) is 27.6 Å². The summed E-state index contributed by atoms with van der Waals surface area (Å²) in [6, 6.07) is 2.97. The number of allylic oxidation sites excluding steroid dienone is 4. The van der Waals surface area contributed by atoms with Crippen molar-refractivity contribution in [2.45, 2.75) is 31.5 Å². The van der Waals surface area contributed by atoms with Gasteiger partial charge in [-0.05, 0) is 41.8 Å². The first-order valence-corrected chi connectivity index (χ1v) is 8.74. The third-order valence-electron chi connectivity index (χ3n) is 4.92. The number of hydrogen-bond donors (Lipinski definition) is 0. The average molecular weight is 409 g/mol. The fraction of sp³-hybridized carbons (Fsp3) is 0.350. The molecule has 0 aromatic heterocycles. The number of esters is 1. The molecular weight excluding hydrogens is 391 g/mol. The lowest BCUT2D eigenvalue weighted by molar-refractivity contribution is -0.186. The van der Waals surface area contributed by atoms with Crippen LogP contribution >= 0.6 is 0 Å². The van der Waals surface area contributed by atoms with Crippen molar-refractivity contribution in [1.82, 2.24) is 4.90 Å². The molecule has 0 unspecified atom stereocenters. The molecular formula is C20H18F3NO5. The third kappa shape index (κ3) is 4.03. The number of ketones is 1. The quantitative estimate of drug-likeness (QED) is 0.555. The molecule has 0 N–H and O–H groups in total. The van der Waals surface area contributed by atoms with E-state index in [1.54, 1.807) is 12.2 Å². The van der Waals surface area contributed by atoms with Crippen LogP contribution in [0.1, 0.15) is 24.5 Å². The molecule has 1 aromatic rings. The normalized spacial score (nSPS) is 17.7. The van der Waals surface area contributed by atoms with Gasteiger partial charge < -0.3 is 14.4 Å². The largest absolute Gasteiger partial charge is 0.493 e. The van der Waals surface area contributed by atoms with Crippen LogP contribution in [-0.2, 0) is 26.3 Å². The number of amides is 1. The average Bonchev–Trinajstić information content (AvgIpc) is 2.79. The number of nitrogens with zero attached hydrogens (tertiary/aromatic N) is 1. The maximum atomic E-state index is 13.0. The Bertz CT molecular complexity index is 917. The molecule has 1 aromatic carbocycles. The molecule has 0 saturated heterocycles. The Hall–Kier alpha value is -3.10. The zero-order chi connectivity index (χ0) is 21.4. The van der Waals surface area contributed by atoms with E-state index in [0.717, 1.165) is 4.90 Å². The van der Waals surface area contributed by atoms with Gasteiger partial charge in [-0.3, -0.25) is 14.4 Å². The predicted octanol–water partition coefficient (Wildman–Crippen LogP) is 2.85. The van der Waals surface area contributed by atoms with Crippen molar-refractivity contribution in [3.8, 4) is 11.5 Å². The highest BCUT2D eigenvalue weighted by molar-refractivity contribution is 6.00. The molecule has 1 amide bonds. The summed E-state index contributed by atoms with van der Waals surface area (Å²) in [4.78, 5) is 35.7. The molecule has 1 heterocycles. The van der Waals surface area contributed by atoms with Gasteiger partial charge in [-0.15, -0.1) is 0 Å². The highest BCUT2D eigenvalue weighted by atomic mass is 19.4. The number of fused-ring (bicyclic) bond motifs is 2. The van der Waals surface area contributed by atoms with Crippen molar-refractivity contribution >= 4 is 17.7 Å². The van der Waals surface area contributed by atoms with Crippen molar-refractivity contribution in [3.05, 3.63) is 47.6 Å². The van der Waals surface area contributed by atoms with E-state index in [0.29, 0.717) is 11.1 Å². The molecule has 0 atom stereocenters. The molecule has 154 valence electrons. The Kier molecular flexibility index (Phi) is 5.25. The monoisotopic (exact) mass is 409 g/mol. The molecule has 3 rings (SSSR count). The van der Waals surface area contributed by atoms with Crippen LogP contribution in [0.25, 0.3) is 0 Å². The minimum Gasteiger partial charge on any atom is -0.493 e. The molecule has 1 aliphatic carbocycles. The van der Waals surface area contributed by atoms with Gasteiger partial charge in [-0.1, -0.05) is 12.2 Å². The fourth-order valence-electron chi connectivity index (χ4n) is 3.57. The van der Waals surface area contributed by atoms with Gasteiger partial charge in [0.25, 0.3) is 0 Å². The van der Waals surface area contributed by atoms with Crippen molar-refractivity contribution in [3.63, 3.8) is 0 Å². The first-order valence-electron chi connectivity index (χ1n) is 8.74. The van der Waals surface area contributed by atoms with E-state index in [4.69, 9.17) is 9.47 Å². The van der Waals surface area contributed by atoms with E-state index < -0.39 is 23.5 Å². The summed E-state index contributed by atoms with van der Waals surface area (Å²) < 4.78 is 49.5. The van der Waals surface area contributed by atoms with Crippen LogP contribution in [-0.4, -0.2) is 42.4 Å². The number of rotatable bonds is 2. The van der Waals surface area contributed by atoms with Crippen molar-refractivity contribution in [2.75, 3.05) is 13.7 Å². The molecule has 0 saturated carbocycles. The zero-order valence-electron chi connectivity index (χ0n) is 15.7. The summed E-state index contributed by atoms with van der Waals surface area (Å²) in [7, 11) is 1.33. The molecule has 0 bridgehead atoms. The number of halogens is 3. The van der Waals surface area contributed by atoms with Gasteiger partial charge in [0, 0.05) is 25.4 Å². The lowest BCUT2D eigenvalue weighted by Gasteiger charge is -2.30. The number of alkyl halides is 3. The second kappa shape index (κ2) is 7.38. The number of methoxy groups -OCH3 is 1. The van der Waals surface area contributed by atoms with E-state index in [-0.39, 0.29) is 36.8 Å². The van der Waals surface area contributed by atoms with E-state index >= 15 is 0 Å². The highest BCUT2D eigenvalue weighted by Crippen LogP contribution is 2.44. The Morgan fingerprint density at radius 2 is 1.79 bits per heavy atom. The van der Waals surface area contributed by atoms with Gasteiger partial charge in [0.15, 0.2) is 17.3 Å². The van der Waals surface area contributed by atoms with Crippen LogP contribution in [0.5, 0.6) is 11.5 Å². The SMILES string of the molecule is COc1cc2c(cc1OC(C)=O)C1(C=CC(=O)C=C1)CCN(C(=O)C(F)(F)F)C2. The number of hydrogen-bond acceptors (Lipinski definition) is 5. The van der Waals surface area contributed by atoms with Gasteiger partial charge in [0.05, 0.1) is 7.11 Å². The minimum atomic E-state index is -5.01. The number of carbonyl (C=O) groups is 3. The molecule has 2 aliphatic rings. The molecule has 6 nitrogen and oxygen atoms in total. The Morgan fingerprint density at radius 3 is 2.34 bits per heavy atom. The lowest BCUT2D eigenvalue weighted by Crippen LogP contribution is -2.41. The summed E-state index contributed by atoms with van der Waals surface area (Å²) in [5.41, 5.74) is 0.00827. The summed E-state index contributed by atoms with van der Waals surface area (Å²) >= 11 is 0. The van der Waals surface area contributed by atoms with Crippen LogP contribution in [0, 0.1) is 0 Å². The summed E-state index contributed by atoms with van der Waals surface area (Å²) in [6.45, 7) is 0.729. The smallest absolute Gasteiger partial charge is 0.471 e. The molecule has 9 heteroatoms. The number of carbonyl (C=O) groups excluding carboxylic acids is 3. The van der Waals surface area contributed by atoms with Crippen molar-refractivity contribution in [2.24, 2.45) is 0 Å². The number of ether oxygens (including phenoxy) is 2. The molecule has 29 heavy (non-hydrogen) atoms. The van der Waals surface area contributed by atoms with E-state index in [1.807, 2.05) is 0 Å². The first-order chi connectivity index (χ1) is 13.6. The van der Waals surface area contributed by atoms with Crippen molar-refractivity contribution in [1.29, 1.82) is 0 Å². The molecule has 0 radical (unpaired) electrons. The van der Waals surface area contributed by atoms with E-state index in [1.165, 1.54) is 38.3 Å². The Labute approximate surface area is 164 Å². The lowest BCUT2D eigenvalue weighted by atomic mass is 9.73. The van der Waals surface area contributed by atoms with Gasteiger partial charge in [0.2, 0.25) is 0 Å². The maximum Gasteiger partial charge on any atom is 0.471 e. The van der Waals surface area contributed by atoms with Crippen LogP contribution in [0.3, 0.4) is 0 Å². The second-order valence-corrected chi connectivity index (χ2v) is 6.84. The van der Waals surface area contributed by atoms with Crippen LogP contribution in [0.2, 0.25) is 0 Å². The van der Waals surface area contributed by atoms with Gasteiger partial charge in [-0.25, -0.2) is 0 Å². The molecule has 1 aliphatic heterocycles. The van der Waals surface area contributed by atoms with E-state index in [2.05, 4.69) is 0 Å². The second-order valence-electron chi connectivity index (χ2n) is 6.84. The Balaban J connectivity index is 2.17. The maximum absolute atomic E-state index is 13.0. The minimum absolute atomic E-state index is 0.104. The van der Waals surface area contributed by atoms with Gasteiger partial charge in [0.1, 0.15) is 0 Å². The number of benzene rings is 1. The standard InChI is InChI=1S/C20H18F3NO5/c1-12(25)29-17-10-15-13(9-16(17)28-2)11-24(18(27)20(21,22)23)8-7-19(15)5-3-14(26)4-6-19/h3-6,9-10H,7-8,11H2,1-2H3. The molecule has 1 spiro atoms. The van der Waals surface area contributed by atoms with Crippen LogP contribution in [0.15, 0.2) is 36.4 Å². The summed E-state index contributed by atoms with van der Waals surface area (Å²) in [5.74, 6) is -2.53. The first kappa shape index (κ1) is 20.6. The van der Waals surface area contributed by atoms with Gasteiger partial charge >= 0.3 is 18.1 Å². The highest BCUT2D eigenvalue weighted by Gasteiger charge is 2.45. The Morgan fingerprint density at radius 1 is 1.14 bits per heavy atom. The zero-order valence-corrected chi connectivity index (χ0v) is 15.7. The predicted molar refractivity (Wildman–Crippen MR) is 95.4 cm³/mol. The van der Waals surface area contributed by atoms with Crippen molar-refractivity contribution < 1.29 is 37.0 Å².